The lowest BCUT2D eigenvalue weighted by atomic mass is 9.94. The van der Waals surface area contributed by atoms with Crippen molar-refractivity contribution in [2.24, 2.45) is 11.7 Å². The minimum atomic E-state index is -0.0138. The summed E-state index contributed by atoms with van der Waals surface area (Å²) < 4.78 is 0.747. The molecule has 0 aliphatic carbocycles. The first-order valence-corrected chi connectivity index (χ1v) is 7.16. The highest BCUT2D eigenvalue weighted by molar-refractivity contribution is 9.10. The number of hydrogen-bond donors (Lipinski definition) is 1. The molecule has 1 fully saturated rings. The SMILES string of the molecule is CC1CN(C(=O)c2cccc(Br)c2Cl)CCC1N.Cl. The number of carbonyl (C=O) groups is 1. The van der Waals surface area contributed by atoms with Crippen molar-refractivity contribution in [1.29, 1.82) is 0 Å². The summed E-state index contributed by atoms with van der Waals surface area (Å²) in [5, 5.41) is 0.477. The minimum absolute atomic E-state index is 0. The van der Waals surface area contributed by atoms with Crippen molar-refractivity contribution >= 4 is 45.8 Å². The lowest BCUT2D eigenvalue weighted by molar-refractivity contribution is 0.0664. The second-order valence-electron chi connectivity index (χ2n) is 4.78. The van der Waals surface area contributed by atoms with Gasteiger partial charge in [-0.15, -0.1) is 12.4 Å². The Kier molecular flexibility index (Phi) is 6.12. The van der Waals surface area contributed by atoms with Gasteiger partial charge in [0.25, 0.3) is 5.91 Å². The molecule has 1 heterocycles. The third-order valence-corrected chi connectivity index (χ3v) is 4.74. The van der Waals surface area contributed by atoms with E-state index in [1.165, 1.54) is 0 Å². The molecule has 3 nitrogen and oxygen atoms in total. The van der Waals surface area contributed by atoms with Gasteiger partial charge in [-0.1, -0.05) is 24.6 Å². The Hall–Kier alpha value is -0.290. The van der Waals surface area contributed by atoms with Gasteiger partial charge in [-0.2, -0.15) is 0 Å². The number of hydrogen-bond acceptors (Lipinski definition) is 2. The molecular formula is C13H17BrCl2N2O. The van der Waals surface area contributed by atoms with Crippen LogP contribution in [0.1, 0.15) is 23.7 Å². The maximum Gasteiger partial charge on any atom is 0.255 e. The average Bonchev–Trinajstić information content (AvgIpc) is 2.35. The van der Waals surface area contributed by atoms with Crippen LogP contribution in [0.3, 0.4) is 0 Å². The highest BCUT2D eigenvalue weighted by Gasteiger charge is 2.28. The topological polar surface area (TPSA) is 46.3 Å². The molecule has 1 amide bonds. The fourth-order valence-corrected chi connectivity index (χ4v) is 2.76. The molecule has 0 spiro atoms. The highest BCUT2D eigenvalue weighted by Crippen LogP contribution is 2.28. The van der Waals surface area contributed by atoms with Crippen molar-refractivity contribution < 1.29 is 4.79 Å². The van der Waals surface area contributed by atoms with Gasteiger partial charge in [0.15, 0.2) is 0 Å². The summed E-state index contributed by atoms with van der Waals surface area (Å²) in [5.74, 6) is 0.314. The maximum atomic E-state index is 12.4. The Morgan fingerprint density at radius 2 is 2.21 bits per heavy atom. The second kappa shape index (κ2) is 6.93. The van der Waals surface area contributed by atoms with Crippen LogP contribution in [0.2, 0.25) is 5.02 Å². The number of nitrogens with two attached hydrogens (primary N) is 1. The molecule has 1 aliphatic heterocycles. The number of benzene rings is 1. The van der Waals surface area contributed by atoms with Crippen LogP contribution >= 0.6 is 39.9 Å². The summed E-state index contributed by atoms with van der Waals surface area (Å²) in [6, 6.07) is 5.59. The Morgan fingerprint density at radius 1 is 1.53 bits per heavy atom. The largest absolute Gasteiger partial charge is 0.338 e. The molecule has 0 aromatic heterocycles. The van der Waals surface area contributed by atoms with Crippen LogP contribution in [0.15, 0.2) is 22.7 Å². The van der Waals surface area contributed by atoms with Gasteiger partial charge in [-0.25, -0.2) is 0 Å². The molecule has 1 aliphatic rings. The molecule has 1 saturated heterocycles. The van der Waals surface area contributed by atoms with Crippen molar-refractivity contribution in [3.8, 4) is 0 Å². The molecule has 2 unspecified atom stereocenters. The molecule has 2 rings (SSSR count). The van der Waals surface area contributed by atoms with Crippen molar-refractivity contribution in [3.63, 3.8) is 0 Å². The van der Waals surface area contributed by atoms with Crippen LogP contribution in [0, 0.1) is 5.92 Å². The van der Waals surface area contributed by atoms with E-state index in [1.807, 2.05) is 17.0 Å². The quantitative estimate of drug-likeness (QED) is 0.827. The fourth-order valence-electron chi connectivity index (χ4n) is 2.19. The zero-order valence-corrected chi connectivity index (χ0v) is 13.8. The van der Waals surface area contributed by atoms with Crippen LogP contribution < -0.4 is 5.73 Å². The minimum Gasteiger partial charge on any atom is -0.338 e. The standard InChI is InChI=1S/C13H16BrClN2O.ClH/c1-8-7-17(6-5-11(8)16)13(18)9-3-2-4-10(14)12(9)15;/h2-4,8,11H,5-7,16H2,1H3;1H. The molecule has 106 valence electrons. The van der Waals surface area contributed by atoms with E-state index in [1.54, 1.807) is 6.07 Å². The highest BCUT2D eigenvalue weighted by atomic mass is 79.9. The summed E-state index contributed by atoms with van der Waals surface area (Å²) in [4.78, 5) is 14.2. The molecule has 1 aromatic carbocycles. The molecule has 1 aromatic rings. The van der Waals surface area contributed by atoms with Crippen LogP contribution in [0.4, 0.5) is 0 Å². The van der Waals surface area contributed by atoms with Crippen molar-refractivity contribution in [2.75, 3.05) is 13.1 Å². The molecule has 6 heteroatoms. The number of rotatable bonds is 1. The monoisotopic (exact) mass is 366 g/mol. The maximum absolute atomic E-state index is 12.4. The summed E-state index contributed by atoms with van der Waals surface area (Å²) in [7, 11) is 0. The van der Waals surface area contributed by atoms with E-state index in [0.717, 1.165) is 10.9 Å². The predicted molar refractivity (Wildman–Crippen MR) is 84.1 cm³/mol. The second-order valence-corrected chi connectivity index (χ2v) is 6.01. The van der Waals surface area contributed by atoms with E-state index >= 15 is 0 Å². The van der Waals surface area contributed by atoms with Crippen molar-refractivity contribution in [1.82, 2.24) is 4.90 Å². The molecule has 0 radical (unpaired) electrons. The number of piperidine rings is 1. The van der Waals surface area contributed by atoms with E-state index in [9.17, 15) is 4.79 Å². The molecule has 0 bridgehead atoms. The lowest BCUT2D eigenvalue weighted by Gasteiger charge is -2.35. The zero-order valence-electron chi connectivity index (χ0n) is 10.6. The zero-order chi connectivity index (χ0) is 13.3. The normalized spacial score (nSPS) is 22.8. The third-order valence-electron chi connectivity index (χ3n) is 3.44. The van der Waals surface area contributed by atoms with Crippen LogP contribution in [-0.2, 0) is 0 Å². The number of amides is 1. The first kappa shape index (κ1) is 16.8. The third kappa shape index (κ3) is 3.63. The fraction of sp³-hybridized carbons (Fsp3) is 0.462. The molecule has 2 atom stereocenters. The molecule has 2 N–H and O–H groups in total. The summed E-state index contributed by atoms with van der Waals surface area (Å²) in [6.45, 7) is 3.47. The molecular weight excluding hydrogens is 351 g/mol. The number of halogens is 3. The first-order valence-electron chi connectivity index (χ1n) is 5.99. The van der Waals surface area contributed by atoms with Gasteiger partial charge < -0.3 is 10.6 Å². The Morgan fingerprint density at radius 3 is 2.84 bits per heavy atom. The lowest BCUT2D eigenvalue weighted by Crippen LogP contribution is -2.48. The summed E-state index contributed by atoms with van der Waals surface area (Å²) in [5.41, 5.74) is 6.51. The van der Waals surface area contributed by atoms with Gasteiger partial charge in [-0.05, 0) is 40.4 Å². The van der Waals surface area contributed by atoms with Gasteiger partial charge >= 0.3 is 0 Å². The van der Waals surface area contributed by atoms with Crippen molar-refractivity contribution in [3.05, 3.63) is 33.3 Å². The smallest absolute Gasteiger partial charge is 0.255 e. The van der Waals surface area contributed by atoms with Gasteiger partial charge in [0.05, 0.1) is 10.6 Å². The first-order chi connectivity index (χ1) is 8.50. The number of carbonyl (C=O) groups excluding carboxylic acids is 1. The molecule has 19 heavy (non-hydrogen) atoms. The van der Waals surface area contributed by atoms with Gasteiger partial charge in [-0.3, -0.25) is 4.79 Å². The van der Waals surface area contributed by atoms with Crippen LogP contribution in [0.5, 0.6) is 0 Å². The number of nitrogens with zero attached hydrogens (tertiary/aromatic N) is 1. The van der Waals surface area contributed by atoms with Gasteiger partial charge in [0, 0.05) is 23.6 Å². The van der Waals surface area contributed by atoms with Crippen LogP contribution in [0.25, 0.3) is 0 Å². The van der Waals surface area contributed by atoms with Gasteiger partial charge in [0.2, 0.25) is 0 Å². The van der Waals surface area contributed by atoms with E-state index in [0.29, 0.717) is 29.6 Å². The van der Waals surface area contributed by atoms with Crippen LogP contribution in [-0.4, -0.2) is 29.9 Å². The van der Waals surface area contributed by atoms with E-state index in [4.69, 9.17) is 17.3 Å². The Balaban J connectivity index is 0.00000180. The molecule has 0 saturated carbocycles. The average molecular weight is 368 g/mol. The van der Waals surface area contributed by atoms with E-state index < -0.39 is 0 Å². The Bertz CT molecular complexity index is 470. The Labute approximate surface area is 133 Å². The van der Waals surface area contributed by atoms with E-state index in [-0.39, 0.29) is 24.4 Å². The van der Waals surface area contributed by atoms with E-state index in [2.05, 4.69) is 22.9 Å². The predicted octanol–water partition coefficient (Wildman–Crippen LogP) is 3.33. The van der Waals surface area contributed by atoms with Gasteiger partial charge in [0.1, 0.15) is 0 Å². The number of likely N-dealkylation sites (tertiary alicyclic amines) is 1. The summed E-state index contributed by atoms with van der Waals surface area (Å²) in [6.07, 6.45) is 0.846. The van der Waals surface area contributed by atoms with Crippen molar-refractivity contribution in [2.45, 2.75) is 19.4 Å². The summed E-state index contributed by atoms with van der Waals surface area (Å²) >= 11 is 9.49.